The van der Waals surface area contributed by atoms with E-state index in [1.807, 2.05) is 6.92 Å². The largest absolute Gasteiger partial charge is 0.365 e. The van der Waals surface area contributed by atoms with Crippen molar-refractivity contribution in [2.45, 2.75) is 58.0 Å². The van der Waals surface area contributed by atoms with Gasteiger partial charge >= 0.3 is 6.03 Å². The molecule has 0 radical (unpaired) electrons. The molecule has 30 heavy (non-hydrogen) atoms. The summed E-state index contributed by atoms with van der Waals surface area (Å²) in [6, 6.07) is 4.93. The third kappa shape index (κ3) is 5.74. The number of halogens is 2. The minimum atomic E-state index is 0.0280. The third-order valence-corrected chi connectivity index (χ3v) is 7.68. The van der Waals surface area contributed by atoms with Gasteiger partial charge in [0.1, 0.15) is 0 Å². The van der Waals surface area contributed by atoms with Gasteiger partial charge in [0, 0.05) is 45.8 Å². The number of carbonyl (C=O) groups is 1. The standard InChI is InChI=1S/C23H36Cl2N4O/c1-16-5-10-20(22(25)21(16)24)29-14-13-28(15-17(29)2)12-11-18-6-8-19(9-7-18)26-23(30)27(3)4/h5,10,17-19H,6-9,11-15H2,1-4H3,(H,26,30). The summed E-state index contributed by atoms with van der Waals surface area (Å²) >= 11 is 12.9. The molecule has 1 aliphatic carbocycles. The molecule has 0 bridgehead atoms. The quantitative estimate of drug-likeness (QED) is 0.677. The maximum atomic E-state index is 11.8. The molecular weight excluding hydrogens is 419 g/mol. The van der Waals surface area contributed by atoms with Crippen LogP contribution >= 0.6 is 23.2 Å². The highest BCUT2D eigenvalue weighted by molar-refractivity contribution is 6.44. The lowest BCUT2D eigenvalue weighted by Crippen LogP contribution is -2.52. The van der Waals surface area contributed by atoms with Crippen LogP contribution in [0.3, 0.4) is 0 Å². The van der Waals surface area contributed by atoms with Crippen molar-refractivity contribution in [1.29, 1.82) is 0 Å². The Morgan fingerprint density at radius 3 is 2.47 bits per heavy atom. The molecule has 0 aromatic heterocycles. The van der Waals surface area contributed by atoms with E-state index >= 15 is 0 Å². The van der Waals surface area contributed by atoms with Crippen molar-refractivity contribution in [3.05, 3.63) is 27.7 Å². The van der Waals surface area contributed by atoms with Gasteiger partial charge in [-0.15, -0.1) is 0 Å². The van der Waals surface area contributed by atoms with Gasteiger partial charge in [-0.25, -0.2) is 4.79 Å². The minimum Gasteiger partial charge on any atom is -0.365 e. The van der Waals surface area contributed by atoms with Crippen molar-refractivity contribution in [3.63, 3.8) is 0 Å². The highest BCUT2D eigenvalue weighted by Crippen LogP contribution is 2.36. The Morgan fingerprint density at radius 1 is 1.13 bits per heavy atom. The van der Waals surface area contributed by atoms with Gasteiger partial charge in [0.05, 0.1) is 15.7 Å². The maximum Gasteiger partial charge on any atom is 0.317 e. The number of carbonyl (C=O) groups excluding carboxylic acids is 1. The number of hydrogen-bond acceptors (Lipinski definition) is 3. The van der Waals surface area contributed by atoms with Gasteiger partial charge in [0.2, 0.25) is 0 Å². The first-order chi connectivity index (χ1) is 14.3. The number of aryl methyl sites for hydroxylation is 1. The number of urea groups is 1. The Labute approximate surface area is 191 Å². The molecule has 1 heterocycles. The molecule has 168 valence electrons. The van der Waals surface area contributed by atoms with Crippen molar-refractivity contribution in [3.8, 4) is 0 Å². The number of amides is 2. The molecule has 2 amide bonds. The first-order valence-corrected chi connectivity index (χ1v) is 11.9. The zero-order valence-corrected chi connectivity index (χ0v) is 20.3. The van der Waals surface area contributed by atoms with Crippen molar-refractivity contribution in [2.24, 2.45) is 5.92 Å². The zero-order valence-electron chi connectivity index (χ0n) is 18.8. The molecule has 1 saturated heterocycles. The molecule has 1 atom stereocenters. The highest BCUT2D eigenvalue weighted by Gasteiger charge is 2.28. The Morgan fingerprint density at radius 2 is 1.83 bits per heavy atom. The molecule has 1 saturated carbocycles. The fourth-order valence-corrected chi connectivity index (χ4v) is 5.20. The Hall–Kier alpha value is -1.17. The SMILES string of the molecule is Cc1ccc(N2CCN(CCC3CCC(NC(=O)N(C)C)CC3)CC2C)c(Cl)c1Cl. The molecule has 1 aromatic rings. The highest BCUT2D eigenvalue weighted by atomic mass is 35.5. The van der Waals surface area contributed by atoms with E-state index in [-0.39, 0.29) is 6.03 Å². The number of nitrogens with zero attached hydrogens (tertiary/aromatic N) is 3. The average molecular weight is 455 g/mol. The van der Waals surface area contributed by atoms with Crippen molar-refractivity contribution in [1.82, 2.24) is 15.1 Å². The van der Waals surface area contributed by atoms with E-state index in [9.17, 15) is 4.79 Å². The van der Waals surface area contributed by atoms with Crippen LogP contribution in [0.5, 0.6) is 0 Å². The van der Waals surface area contributed by atoms with E-state index in [0.29, 0.717) is 22.1 Å². The fourth-order valence-electron chi connectivity index (χ4n) is 4.72. The first kappa shape index (κ1) is 23.5. The van der Waals surface area contributed by atoms with Crippen LogP contribution in [0.1, 0.15) is 44.6 Å². The summed E-state index contributed by atoms with van der Waals surface area (Å²) in [6.45, 7) is 8.50. The Bertz CT molecular complexity index is 734. The smallest absolute Gasteiger partial charge is 0.317 e. The predicted molar refractivity (Wildman–Crippen MR) is 127 cm³/mol. The molecule has 2 fully saturated rings. The van der Waals surface area contributed by atoms with Gasteiger partial charge in [0.15, 0.2) is 0 Å². The topological polar surface area (TPSA) is 38.8 Å². The number of nitrogens with one attached hydrogen (secondary N) is 1. The summed E-state index contributed by atoms with van der Waals surface area (Å²) in [7, 11) is 3.59. The second-order valence-electron chi connectivity index (χ2n) is 9.22. The van der Waals surface area contributed by atoms with Crippen LogP contribution in [0.4, 0.5) is 10.5 Å². The number of benzene rings is 1. The average Bonchev–Trinajstić information content (AvgIpc) is 2.72. The van der Waals surface area contributed by atoms with Crippen LogP contribution in [0.15, 0.2) is 12.1 Å². The molecule has 0 spiro atoms. The van der Waals surface area contributed by atoms with Gasteiger partial charge in [-0.3, -0.25) is 4.90 Å². The monoisotopic (exact) mass is 454 g/mol. The maximum absolute atomic E-state index is 11.8. The third-order valence-electron chi connectivity index (χ3n) is 6.71. The van der Waals surface area contributed by atoms with E-state index in [0.717, 1.165) is 56.2 Å². The van der Waals surface area contributed by atoms with E-state index in [1.54, 1.807) is 19.0 Å². The molecule has 1 aromatic carbocycles. The van der Waals surface area contributed by atoms with Gasteiger partial charge in [-0.1, -0.05) is 29.3 Å². The molecule has 2 aliphatic rings. The number of hydrogen-bond donors (Lipinski definition) is 1. The minimum absolute atomic E-state index is 0.0280. The van der Waals surface area contributed by atoms with Crippen molar-refractivity contribution in [2.75, 3.05) is 45.2 Å². The van der Waals surface area contributed by atoms with Crippen LogP contribution < -0.4 is 10.2 Å². The molecule has 1 N–H and O–H groups in total. The zero-order chi connectivity index (χ0) is 21.8. The van der Waals surface area contributed by atoms with Gasteiger partial charge < -0.3 is 15.1 Å². The van der Waals surface area contributed by atoms with Crippen molar-refractivity contribution >= 4 is 34.9 Å². The summed E-state index contributed by atoms with van der Waals surface area (Å²) in [6.07, 6.45) is 5.87. The lowest BCUT2D eigenvalue weighted by atomic mass is 9.84. The summed E-state index contributed by atoms with van der Waals surface area (Å²) < 4.78 is 0. The van der Waals surface area contributed by atoms with Gasteiger partial charge in [-0.2, -0.15) is 0 Å². The van der Waals surface area contributed by atoms with Gasteiger partial charge in [0.25, 0.3) is 0 Å². The second-order valence-corrected chi connectivity index (χ2v) is 9.98. The fraction of sp³-hybridized carbons (Fsp3) is 0.696. The second kappa shape index (κ2) is 10.4. The van der Waals surface area contributed by atoms with Crippen LogP contribution in [0.25, 0.3) is 0 Å². The number of piperazine rings is 1. The lowest BCUT2D eigenvalue weighted by molar-refractivity contribution is 0.187. The summed E-state index contributed by atoms with van der Waals surface area (Å²) in [5, 5.41) is 4.48. The Kier molecular flexibility index (Phi) is 8.17. The molecule has 3 rings (SSSR count). The van der Waals surface area contributed by atoms with E-state index in [4.69, 9.17) is 23.2 Å². The molecule has 5 nitrogen and oxygen atoms in total. The molecular formula is C23H36Cl2N4O. The van der Waals surface area contributed by atoms with Gasteiger partial charge in [-0.05, 0) is 70.0 Å². The predicted octanol–water partition coefficient (Wildman–Crippen LogP) is 5.03. The van der Waals surface area contributed by atoms with E-state index in [1.165, 1.54) is 19.3 Å². The van der Waals surface area contributed by atoms with E-state index in [2.05, 4.69) is 34.2 Å². The first-order valence-electron chi connectivity index (χ1n) is 11.2. The Balaban J connectivity index is 1.43. The normalized spacial score (nSPS) is 25.3. The van der Waals surface area contributed by atoms with E-state index < -0.39 is 0 Å². The van der Waals surface area contributed by atoms with Crippen LogP contribution in [0, 0.1) is 12.8 Å². The number of rotatable bonds is 5. The molecule has 7 heteroatoms. The van der Waals surface area contributed by atoms with Crippen LogP contribution in [0.2, 0.25) is 10.0 Å². The van der Waals surface area contributed by atoms with Crippen LogP contribution in [-0.4, -0.2) is 68.2 Å². The summed E-state index contributed by atoms with van der Waals surface area (Å²) in [4.78, 5) is 18.4. The molecule has 1 unspecified atom stereocenters. The summed E-state index contributed by atoms with van der Waals surface area (Å²) in [5.74, 6) is 0.774. The summed E-state index contributed by atoms with van der Waals surface area (Å²) in [5.41, 5.74) is 2.07. The lowest BCUT2D eigenvalue weighted by Gasteiger charge is -2.42. The molecule has 1 aliphatic heterocycles. The van der Waals surface area contributed by atoms with Crippen LogP contribution in [-0.2, 0) is 0 Å². The van der Waals surface area contributed by atoms with Crippen molar-refractivity contribution < 1.29 is 4.79 Å². The number of anilines is 1.